The summed E-state index contributed by atoms with van der Waals surface area (Å²) >= 11 is 6.85. The fourth-order valence-corrected chi connectivity index (χ4v) is 1.68. The molecule has 0 saturated heterocycles. The van der Waals surface area contributed by atoms with Crippen LogP contribution in [0.1, 0.15) is 12.0 Å². The second kappa shape index (κ2) is 5.58. The van der Waals surface area contributed by atoms with Crippen molar-refractivity contribution in [2.24, 2.45) is 0 Å². The molecule has 1 aromatic rings. The Balaban J connectivity index is 2.81. The average Bonchev–Trinajstić information content (AvgIpc) is 2.11. The molecule has 0 aromatic heterocycles. The lowest BCUT2D eigenvalue weighted by atomic mass is 10.2. The molecule has 3 heteroatoms. The number of halogens is 2. The molecule has 0 atom stereocenters. The summed E-state index contributed by atoms with van der Waals surface area (Å²) < 4.78 is 2.12. The summed E-state index contributed by atoms with van der Waals surface area (Å²) in [6.45, 7) is 0.197. The lowest BCUT2D eigenvalue weighted by Crippen LogP contribution is -1.78. The minimum absolute atomic E-state index is 0.197. The van der Waals surface area contributed by atoms with Crippen molar-refractivity contribution in [3.05, 3.63) is 38.8 Å². The van der Waals surface area contributed by atoms with Crippen LogP contribution in [0.3, 0.4) is 0 Å². The highest BCUT2D eigenvalue weighted by molar-refractivity contribution is 9.11. The van der Waals surface area contributed by atoms with E-state index >= 15 is 0 Å². The predicted octanol–water partition coefficient (Wildman–Crippen LogP) is 3.61. The van der Waals surface area contributed by atoms with Crippen LogP contribution in [0.25, 0.3) is 6.08 Å². The molecular formula is C10H10Br2O. The van der Waals surface area contributed by atoms with E-state index in [0.29, 0.717) is 6.42 Å². The smallest absolute Gasteiger partial charge is 0.0465 e. The molecule has 70 valence electrons. The summed E-state index contributed by atoms with van der Waals surface area (Å²) in [4.78, 5) is 0. The lowest BCUT2D eigenvalue weighted by Gasteiger charge is -1.98. The number of benzene rings is 1. The van der Waals surface area contributed by atoms with Crippen LogP contribution in [0.15, 0.2) is 33.2 Å². The van der Waals surface area contributed by atoms with Crippen molar-refractivity contribution in [1.82, 2.24) is 0 Å². The van der Waals surface area contributed by atoms with Gasteiger partial charge < -0.3 is 5.11 Å². The van der Waals surface area contributed by atoms with Crippen molar-refractivity contribution in [3.8, 4) is 0 Å². The fraction of sp³-hybridized carbons (Fsp3) is 0.200. The maximum absolute atomic E-state index is 8.60. The maximum Gasteiger partial charge on any atom is 0.0465 e. The SMILES string of the molecule is OCCC=Cc1cc(Br)ccc1Br. The summed E-state index contributed by atoms with van der Waals surface area (Å²) in [5.74, 6) is 0. The maximum atomic E-state index is 8.60. The van der Waals surface area contributed by atoms with E-state index in [1.807, 2.05) is 30.4 Å². The first-order valence-corrected chi connectivity index (χ1v) is 5.55. The van der Waals surface area contributed by atoms with Gasteiger partial charge in [-0.2, -0.15) is 0 Å². The molecule has 1 N–H and O–H groups in total. The first-order chi connectivity index (χ1) is 6.24. The van der Waals surface area contributed by atoms with Gasteiger partial charge in [0.15, 0.2) is 0 Å². The van der Waals surface area contributed by atoms with Crippen LogP contribution in [0, 0.1) is 0 Å². The lowest BCUT2D eigenvalue weighted by molar-refractivity contribution is 0.303. The largest absolute Gasteiger partial charge is 0.396 e. The van der Waals surface area contributed by atoms with Gasteiger partial charge in [0, 0.05) is 15.6 Å². The quantitative estimate of drug-likeness (QED) is 0.904. The molecule has 0 aliphatic heterocycles. The van der Waals surface area contributed by atoms with Crippen molar-refractivity contribution in [1.29, 1.82) is 0 Å². The van der Waals surface area contributed by atoms with E-state index in [-0.39, 0.29) is 6.61 Å². The number of aliphatic hydroxyl groups is 1. The predicted molar refractivity (Wildman–Crippen MR) is 62.6 cm³/mol. The van der Waals surface area contributed by atoms with Crippen LogP contribution >= 0.6 is 31.9 Å². The zero-order valence-electron chi connectivity index (χ0n) is 7.00. The monoisotopic (exact) mass is 304 g/mol. The van der Waals surface area contributed by atoms with E-state index in [4.69, 9.17) is 5.11 Å². The Labute approximate surface area is 94.7 Å². The zero-order valence-corrected chi connectivity index (χ0v) is 10.2. The zero-order chi connectivity index (χ0) is 9.68. The van der Waals surface area contributed by atoms with Gasteiger partial charge in [0.25, 0.3) is 0 Å². The van der Waals surface area contributed by atoms with Gasteiger partial charge in [-0.15, -0.1) is 0 Å². The van der Waals surface area contributed by atoms with Crippen LogP contribution in [0.5, 0.6) is 0 Å². The molecule has 0 amide bonds. The molecule has 1 aromatic carbocycles. The highest BCUT2D eigenvalue weighted by Gasteiger charge is 1.95. The van der Waals surface area contributed by atoms with Gasteiger partial charge in [0.05, 0.1) is 0 Å². The second-order valence-corrected chi connectivity index (χ2v) is 4.35. The summed E-state index contributed by atoms with van der Waals surface area (Å²) in [5, 5.41) is 8.60. The highest BCUT2D eigenvalue weighted by atomic mass is 79.9. The first-order valence-electron chi connectivity index (χ1n) is 3.96. The summed E-state index contributed by atoms with van der Waals surface area (Å²) in [6.07, 6.45) is 4.64. The van der Waals surface area contributed by atoms with Gasteiger partial charge in [0.2, 0.25) is 0 Å². The summed E-state index contributed by atoms with van der Waals surface area (Å²) in [6, 6.07) is 5.99. The van der Waals surface area contributed by atoms with Gasteiger partial charge in [-0.1, -0.05) is 44.0 Å². The Kier molecular flexibility index (Phi) is 4.70. The van der Waals surface area contributed by atoms with Crippen LogP contribution in [-0.4, -0.2) is 11.7 Å². The third-order valence-corrected chi connectivity index (χ3v) is 2.77. The van der Waals surface area contributed by atoms with Gasteiger partial charge in [-0.05, 0) is 30.2 Å². The molecule has 0 heterocycles. The fourth-order valence-electron chi connectivity index (χ4n) is 0.927. The van der Waals surface area contributed by atoms with E-state index in [0.717, 1.165) is 14.5 Å². The molecule has 1 nitrogen and oxygen atoms in total. The van der Waals surface area contributed by atoms with Gasteiger partial charge in [-0.25, -0.2) is 0 Å². The van der Waals surface area contributed by atoms with Crippen LogP contribution < -0.4 is 0 Å². The van der Waals surface area contributed by atoms with Crippen molar-refractivity contribution >= 4 is 37.9 Å². The Hall–Kier alpha value is -0.120. The van der Waals surface area contributed by atoms with Crippen LogP contribution in [0.4, 0.5) is 0 Å². The van der Waals surface area contributed by atoms with Crippen LogP contribution in [-0.2, 0) is 0 Å². The molecule has 0 saturated carbocycles. The Morgan fingerprint density at radius 1 is 1.31 bits per heavy atom. The first kappa shape index (κ1) is 11.0. The molecule has 0 unspecified atom stereocenters. The summed E-state index contributed by atoms with van der Waals surface area (Å²) in [5.41, 5.74) is 1.11. The Morgan fingerprint density at radius 3 is 2.77 bits per heavy atom. The van der Waals surface area contributed by atoms with Gasteiger partial charge >= 0.3 is 0 Å². The average molecular weight is 306 g/mol. The minimum atomic E-state index is 0.197. The molecular weight excluding hydrogens is 296 g/mol. The van der Waals surface area contributed by atoms with Crippen molar-refractivity contribution in [2.75, 3.05) is 6.61 Å². The molecule has 1 rings (SSSR count). The van der Waals surface area contributed by atoms with E-state index in [2.05, 4.69) is 31.9 Å². The topological polar surface area (TPSA) is 20.2 Å². The number of hydrogen-bond acceptors (Lipinski definition) is 1. The molecule has 0 bridgehead atoms. The second-order valence-electron chi connectivity index (χ2n) is 2.58. The van der Waals surface area contributed by atoms with Gasteiger partial charge in [0.1, 0.15) is 0 Å². The van der Waals surface area contributed by atoms with Gasteiger partial charge in [-0.3, -0.25) is 0 Å². The Bertz CT molecular complexity index is 308. The third kappa shape index (κ3) is 3.63. The van der Waals surface area contributed by atoms with E-state index in [1.54, 1.807) is 0 Å². The number of hydrogen-bond donors (Lipinski definition) is 1. The standard InChI is InChI=1S/C10H10Br2O/c11-9-4-5-10(12)8(7-9)3-1-2-6-13/h1,3-5,7,13H,2,6H2. The van der Waals surface area contributed by atoms with E-state index < -0.39 is 0 Å². The molecule has 13 heavy (non-hydrogen) atoms. The molecule has 0 fully saturated rings. The molecule has 0 aliphatic carbocycles. The van der Waals surface area contributed by atoms with Crippen LogP contribution in [0.2, 0.25) is 0 Å². The van der Waals surface area contributed by atoms with Crippen molar-refractivity contribution in [2.45, 2.75) is 6.42 Å². The van der Waals surface area contributed by atoms with E-state index in [9.17, 15) is 0 Å². The Morgan fingerprint density at radius 2 is 2.08 bits per heavy atom. The van der Waals surface area contributed by atoms with Crippen molar-refractivity contribution < 1.29 is 5.11 Å². The number of aliphatic hydroxyl groups excluding tert-OH is 1. The molecule has 0 radical (unpaired) electrons. The summed E-state index contributed by atoms with van der Waals surface area (Å²) in [7, 11) is 0. The third-order valence-electron chi connectivity index (χ3n) is 1.55. The normalized spacial score (nSPS) is 11.0. The molecule has 0 aliphatic rings. The molecule has 0 spiro atoms. The number of rotatable bonds is 3. The van der Waals surface area contributed by atoms with Crippen molar-refractivity contribution in [3.63, 3.8) is 0 Å². The van der Waals surface area contributed by atoms with E-state index in [1.165, 1.54) is 0 Å². The minimum Gasteiger partial charge on any atom is -0.396 e. The highest BCUT2D eigenvalue weighted by Crippen LogP contribution is 2.22.